The van der Waals surface area contributed by atoms with Crippen LogP contribution in [0.2, 0.25) is 0 Å². The summed E-state index contributed by atoms with van der Waals surface area (Å²) in [5, 5.41) is 0. The summed E-state index contributed by atoms with van der Waals surface area (Å²) < 4.78 is 2.54. The molecule has 1 aromatic heterocycles. The van der Waals surface area contributed by atoms with Crippen LogP contribution in [-0.2, 0) is 0 Å². The van der Waals surface area contributed by atoms with Crippen LogP contribution in [0.1, 0.15) is 36.4 Å². The molecule has 0 spiro atoms. The second-order valence-corrected chi connectivity index (χ2v) is 7.95. The van der Waals surface area contributed by atoms with Gasteiger partial charge in [0.25, 0.3) is 0 Å². The molecule has 0 saturated heterocycles. The fraction of sp³-hybridized carbons (Fsp3) is 0.211. The summed E-state index contributed by atoms with van der Waals surface area (Å²) in [5.74, 6) is 0. The maximum atomic E-state index is 4.88. The Morgan fingerprint density at radius 1 is 1.00 bits per heavy atom. The van der Waals surface area contributed by atoms with Gasteiger partial charge in [-0.2, -0.15) is 0 Å². The molecule has 0 fully saturated rings. The predicted octanol–water partition coefficient (Wildman–Crippen LogP) is 6.18. The van der Waals surface area contributed by atoms with Gasteiger partial charge >= 0.3 is 0 Å². The van der Waals surface area contributed by atoms with Crippen LogP contribution in [0.15, 0.2) is 50.2 Å². The normalized spacial score (nSPS) is 16.9. The van der Waals surface area contributed by atoms with Crippen LogP contribution >= 0.6 is 45.2 Å². The molecule has 2 nitrogen and oxygen atoms in total. The number of nitrogens with zero attached hydrogens (tertiary/aromatic N) is 1. The third-order valence-corrected chi connectivity index (χ3v) is 7.38. The molecule has 1 aromatic carbocycles. The SMILES string of the molecule is CC1=N/C(=C(/c2ccccc2)c2[nH]c(C)c(I)c2C)C(C)=C1I. The van der Waals surface area contributed by atoms with Crippen molar-refractivity contribution in [2.45, 2.75) is 27.7 Å². The Hall–Kier alpha value is -0.890. The maximum Gasteiger partial charge on any atom is 0.0773 e. The molecule has 1 aliphatic rings. The summed E-state index contributed by atoms with van der Waals surface area (Å²) in [4.78, 5) is 8.45. The Bertz CT molecular complexity index is 868. The van der Waals surface area contributed by atoms with Gasteiger partial charge in [-0.1, -0.05) is 30.3 Å². The summed E-state index contributed by atoms with van der Waals surface area (Å²) >= 11 is 4.81. The topological polar surface area (TPSA) is 28.1 Å². The molecular formula is C19H18I2N2. The zero-order valence-electron chi connectivity index (χ0n) is 13.6. The lowest BCUT2D eigenvalue weighted by molar-refractivity contribution is 1.21. The number of hydrogen-bond acceptors (Lipinski definition) is 1. The lowest BCUT2D eigenvalue weighted by atomic mass is 9.96. The van der Waals surface area contributed by atoms with Crippen LogP contribution in [0.25, 0.3) is 5.57 Å². The van der Waals surface area contributed by atoms with Crippen LogP contribution in [0.4, 0.5) is 0 Å². The quantitative estimate of drug-likeness (QED) is 0.452. The van der Waals surface area contributed by atoms with Crippen molar-refractivity contribution in [3.05, 3.63) is 71.3 Å². The second kappa shape index (κ2) is 6.55. The van der Waals surface area contributed by atoms with Crippen molar-refractivity contribution in [3.8, 4) is 0 Å². The van der Waals surface area contributed by atoms with Crippen molar-refractivity contribution in [3.63, 3.8) is 0 Å². The second-order valence-electron chi connectivity index (χ2n) is 5.79. The van der Waals surface area contributed by atoms with E-state index in [9.17, 15) is 0 Å². The monoisotopic (exact) mass is 528 g/mol. The van der Waals surface area contributed by atoms with Gasteiger partial charge in [-0.25, -0.2) is 0 Å². The largest absolute Gasteiger partial charge is 0.357 e. The molecule has 2 heterocycles. The van der Waals surface area contributed by atoms with Crippen LogP contribution in [0, 0.1) is 17.4 Å². The molecule has 0 bridgehead atoms. The van der Waals surface area contributed by atoms with Crippen LogP contribution in [0.3, 0.4) is 0 Å². The summed E-state index contributed by atoms with van der Waals surface area (Å²) in [5.41, 5.74) is 9.50. The third kappa shape index (κ3) is 2.95. The Morgan fingerprint density at radius 3 is 2.13 bits per heavy atom. The molecule has 2 aromatic rings. The van der Waals surface area contributed by atoms with Crippen LogP contribution in [0.5, 0.6) is 0 Å². The average molecular weight is 528 g/mol. The first-order chi connectivity index (χ1) is 10.9. The first kappa shape index (κ1) is 17.0. The highest BCUT2D eigenvalue weighted by Crippen LogP contribution is 2.39. The molecule has 0 aliphatic carbocycles. The standard InChI is InChI=1S/C19H18I2N2/c1-10-16(20)12(3)22-18(10)15(14-8-6-5-7-9-14)19-11(2)17(21)13(4)23-19/h5-9,22H,1-4H3/b19-15-. The Labute approximate surface area is 164 Å². The summed E-state index contributed by atoms with van der Waals surface area (Å²) in [6, 6.07) is 10.5. The van der Waals surface area contributed by atoms with E-state index in [4.69, 9.17) is 4.99 Å². The zero-order valence-corrected chi connectivity index (χ0v) is 17.9. The first-order valence-corrected chi connectivity index (χ1v) is 9.64. The van der Waals surface area contributed by atoms with E-state index in [1.54, 1.807) is 0 Å². The molecule has 118 valence electrons. The molecule has 0 saturated carbocycles. The number of aromatic nitrogens is 1. The molecule has 4 heteroatoms. The van der Waals surface area contributed by atoms with Gasteiger partial charge in [0.1, 0.15) is 0 Å². The van der Waals surface area contributed by atoms with E-state index in [0.717, 1.165) is 11.4 Å². The van der Waals surface area contributed by atoms with E-state index in [2.05, 4.69) is 108 Å². The minimum atomic E-state index is 1.08. The van der Waals surface area contributed by atoms with E-state index in [-0.39, 0.29) is 0 Å². The van der Waals surface area contributed by atoms with Crippen LogP contribution in [-0.4, -0.2) is 10.7 Å². The Balaban J connectivity index is 2.36. The first-order valence-electron chi connectivity index (χ1n) is 7.49. The summed E-state index contributed by atoms with van der Waals surface area (Å²) in [6.07, 6.45) is 0. The molecule has 1 N–H and O–H groups in total. The highest BCUT2D eigenvalue weighted by molar-refractivity contribution is 14.1. The number of H-pyrrole nitrogens is 1. The molecule has 0 unspecified atom stereocenters. The molecule has 0 atom stereocenters. The number of nitrogens with one attached hydrogen (secondary N) is 1. The summed E-state index contributed by atoms with van der Waals surface area (Å²) in [6.45, 7) is 8.55. The highest BCUT2D eigenvalue weighted by Gasteiger charge is 2.24. The van der Waals surface area contributed by atoms with Gasteiger partial charge in [0.15, 0.2) is 0 Å². The third-order valence-electron chi connectivity index (χ3n) is 4.18. The van der Waals surface area contributed by atoms with Gasteiger partial charge in [0, 0.05) is 18.4 Å². The van der Waals surface area contributed by atoms with Gasteiger partial charge in [0.05, 0.1) is 17.1 Å². The van der Waals surface area contributed by atoms with Crippen molar-refractivity contribution in [1.29, 1.82) is 0 Å². The maximum absolute atomic E-state index is 4.88. The predicted molar refractivity (Wildman–Crippen MR) is 115 cm³/mol. The molecule has 1 aliphatic heterocycles. The highest BCUT2D eigenvalue weighted by atomic mass is 127. The van der Waals surface area contributed by atoms with Gasteiger partial charge in [-0.05, 0) is 89.6 Å². The smallest absolute Gasteiger partial charge is 0.0773 e. The minimum Gasteiger partial charge on any atom is -0.357 e. The van der Waals surface area contributed by atoms with E-state index >= 15 is 0 Å². The lowest BCUT2D eigenvalue weighted by Crippen LogP contribution is -1.96. The van der Waals surface area contributed by atoms with E-state index in [1.165, 1.54) is 40.8 Å². The van der Waals surface area contributed by atoms with E-state index in [0.29, 0.717) is 0 Å². The molecular weight excluding hydrogens is 510 g/mol. The van der Waals surface area contributed by atoms with Crippen molar-refractivity contribution >= 4 is 56.5 Å². The lowest BCUT2D eigenvalue weighted by Gasteiger charge is -2.12. The number of rotatable bonds is 2. The van der Waals surface area contributed by atoms with Crippen molar-refractivity contribution in [1.82, 2.24) is 4.98 Å². The fourth-order valence-corrected chi connectivity index (χ4v) is 3.68. The van der Waals surface area contributed by atoms with E-state index in [1.807, 2.05) is 0 Å². The van der Waals surface area contributed by atoms with Gasteiger partial charge in [-0.3, -0.25) is 4.99 Å². The average Bonchev–Trinajstić information content (AvgIpc) is 2.95. The van der Waals surface area contributed by atoms with Crippen LogP contribution < -0.4 is 0 Å². The van der Waals surface area contributed by atoms with Crippen molar-refractivity contribution in [2.75, 3.05) is 0 Å². The zero-order chi connectivity index (χ0) is 16.7. The minimum absolute atomic E-state index is 1.08. The van der Waals surface area contributed by atoms with Crippen molar-refractivity contribution < 1.29 is 0 Å². The number of hydrogen-bond donors (Lipinski definition) is 1. The summed E-state index contributed by atoms with van der Waals surface area (Å²) in [7, 11) is 0. The van der Waals surface area contributed by atoms with Crippen molar-refractivity contribution in [2.24, 2.45) is 4.99 Å². The molecule has 23 heavy (non-hydrogen) atoms. The number of aryl methyl sites for hydroxylation is 1. The van der Waals surface area contributed by atoms with Gasteiger partial charge < -0.3 is 4.98 Å². The fourth-order valence-electron chi connectivity index (χ4n) is 2.90. The molecule has 0 radical (unpaired) electrons. The molecule has 3 rings (SSSR count). The number of benzene rings is 1. The van der Waals surface area contributed by atoms with Gasteiger partial charge in [0.2, 0.25) is 0 Å². The number of aliphatic imine (C=N–C) groups is 1. The van der Waals surface area contributed by atoms with E-state index < -0.39 is 0 Å². The molecule has 0 amide bonds. The Morgan fingerprint density at radius 2 is 1.65 bits per heavy atom. The number of aromatic amines is 1. The number of allylic oxidation sites excluding steroid dienone is 2. The number of halogens is 2. The Kier molecular flexibility index (Phi) is 4.83. The van der Waals surface area contributed by atoms with Gasteiger partial charge in [-0.15, -0.1) is 0 Å².